The molecule has 1 aliphatic rings. The molecular weight excluding hydrogens is 234 g/mol. The second-order valence-corrected chi connectivity index (χ2v) is 4.41. The maximum atomic E-state index is 10.6. The molecular formula is C13H17NO4. The number of aromatic carboxylic acids is 1. The summed E-state index contributed by atoms with van der Waals surface area (Å²) < 4.78 is 10.9. The molecule has 1 aliphatic heterocycles. The third-order valence-corrected chi connectivity index (χ3v) is 3.02. The van der Waals surface area contributed by atoms with Gasteiger partial charge in [0.1, 0.15) is 0 Å². The summed E-state index contributed by atoms with van der Waals surface area (Å²) >= 11 is 0. The molecule has 5 heteroatoms. The van der Waals surface area contributed by atoms with Crippen LogP contribution < -0.4 is 0 Å². The molecule has 0 atom stereocenters. The average Bonchev–Trinajstić information content (AvgIpc) is 2.40. The molecule has 0 amide bonds. The minimum absolute atomic E-state index is 0.197. The summed E-state index contributed by atoms with van der Waals surface area (Å²) in [5.41, 5.74) is 0.954. The molecule has 5 nitrogen and oxygen atoms in total. The van der Waals surface area contributed by atoms with Crippen molar-refractivity contribution in [1.29, 1.82) is 0 Å². The normalized spacial score (nSPS) is 16.7. The summed E-state index contributed by atoms with van der Waals surface area (Å²) in [6, 6.07) is 3.23. The zero-order valence-electron chi connectivity index (χ0n) is 10.2. The van der Waals surface area contributed by atoms with Crippen LogP contribution in [-0.2, 0) is 16.1 Å². The van der Waals surface area contributed by atoms with Crippen molar-refractivity contribution >= 4 is 5.97 Å². The van der Waals surface area contributed by atoms with Gasteiger partial charge < -0.3 is 14.6 Å². The molecule has 1 fully saturated rings. The highest BCUT2D eigenvalue weighted by Crippen LogP contribution is 2.15. The van der Waals surface area contributed by atoms with E-state index in [1.54, 1.807) is 12.1 Å². The number of carboxylic acids is 1. The molecule has 0 aromatic carbocycles. The number of ether oxygens (including phenoxy) is 2. The summed E-state index contributed by atoms with van der Waals surface area (Å²) in [7, 11) is 0. The Kier molecular flexibility index (Phi) is 4.66. The molecule has 1 aromatic rings. The van der Waals surface area contributed by atoms with Crippen molar-refractivity contribution in [2.75, 3.05) is 19.8 Å². The molecule has 0 unspecified atom stereocenters. The first kappa shape index (κ1) is 13.0. The van der Waals surface area contributed by atoms with Crippen LogP contribution in [0.3, 0.4) is 0 Å². The van der Waals surface area contributed by atoms with E-state index in [9.17, 15) is 4.79 Å². The van der Waals surface area contributed by atoms with Crippen LogP contribution in [-0.4, -0.2) is 35.9 Å². The van der Waals surface area contributed by atoms with Crippen LogP contribution >= 0.6 is 0 Å². The molecule has 0 aliphatic carbocycles. The van der Waals surface area contributed by atoms with Crippen molar-refractivity contribution in [2.24, 2.45) is 5.92 Å². The molecule has 0 saturated carbocycles. The Morgan fingerprint density at radius 3 is 2.83 bits per heavy atom. The monoisotopic (exact) mass is 251 g/mol. The molecule has 98 valence electrons. The maximum Gasteiger partial charge on any atom is 0.337 e. The summed E-state index contributed by atoms with van der Waals surface area (Å²) in [6.45, 7) is 2.78. The smallest absolute Gasteiger partial charge is 0.337 e. The van der Waals surface area contributed by atoms with Gasteiger partial charge in [-0.05, 0) is 30.9 Å². The van der Waals surface area contributed by atoms with E-state index < -0.39 is 5.97 Å². The number of nitrogens with zero attached hydrogens (tertiary/aromatic N) is 1. The van der Waals surface area contributed by atoms with E-state index in [1.807, 2.05) is 0 Å². The molecule has 0 radical (unpaired) electrons. The number of carboxylic acid groups (broad SMARTS) is 1. The Labute approximate surface area is 106 Å². The molecule has 2 rings (SSSR count). The van der Waals surface area contributed by atoms with Gasteiger partial charge in [0.15, 0.2) is 0 Å². The molecule has 0 spiro atoms. The fraction of sp³-hybridized carbons (Fsp3) is 0.538. The van der Waals surface area contributed by atoms with Crippen molar-refractivity contribution in [2.45, 2.75) is 19.4 Å². The molecule has 1 N–H and O–H groups in total. The minimum Gasteiger partial charge on any atom is -0.478 e. The Hall–Kier alpha value is -1.46. The van der Waals surface area contributed by atoms with Crippen LogP contribution in [0.1, 0.15) is 28.9 Å². The van der Waals surface area contributed by atoms with Gasteiger partial charge in [-0.2, -0.15) is 0 Å². The Balaban J connectivity index is 1.74. The molecule has 1 saturated heterocycles. The Morgan fingerprint density at radius 2 is 2.22 bits per heavy atom. The van der Waals surface area contributed by atoms with Crippen molar-refractivity contribution < 1.29 is 19.4 Å². The largest absolute Gasteiger partial charge is 0.478 e. The Bertz CT molecular complexity index is 384. The van der Waals surface area contributed by atoms with Crippen molar-refractivity contribution in [3.8, 4) is 0 Å². The predicted octanol–water partition coefficient (Wildman–Crippen LogP) is 1.72. The lowest BCUT2D eigenvalue weighted by molar-refractivity contribution is 0.0150. The highest BCUT2D eigenvalue weighted by atomic mass is 16.5. The SMILES string of the molecule is O=C(O)c1ccc(COCC2CCOCC2)nc1. The fourth-order valence-corrected chi connectivity index (χ4v) is 1.88. The quantitative estimate of drug-likeness (QED) is 0.863. The first-order valence-electron chi connectivity index (χ1n) is 6.09. The van der Waals surface area contributed by atoms with Crippen LogP contribution in [0.5, 0.6) is 0 Å². The van der Waals surface area contributed by atoms with Gasteiger partial charge in [0.05, 0.1) is 24.5 Å². The highest BCUT2D eigenvalue weighted by Gasteiger charge is 2.13. The summed E-state index contributed by atoms with van der Waals surface area (Å²) in [4.78, 5) is 14.7. The van der Waals surface area contributed by atoms with Crippen molar-refractivity contribution in [3.63, 3.8) is 0 Å². The lowest BCUT2D eigenvalue weighted by Crippen LogP contribution is -2.20. The van der Waals surface area contributed by atoms with E-state index in [-0.39, 0.29) is 5.56 Å². The summed E-state index contributed by atoms with van der Waals surface area (Å²) in [5, 5.41) is 8.74. The maximum absolute atomic E-state index is 10.6. The van der Waals surface area contributed by atoms with Gasteiger partial charge in [0.2, 0.25) is 0 Å². The number of aromatic nitrogens is 1. The number of rotatable bonds is 5. The van der Waals surface area contributed by atoms with Crippen LogP contribution in [0.15, 0.2) is 18.3 Å². The van der Waals surface area contributed by atoms with Crippen LogP contribution in [0.2, 0.25) is 0 Å². The zero-order chi connectivity index (χ0) is 12.8. The van der Waals surface area contributed by atoms with Gasteiger partial charge in [-0.15, -0.1) is 0 Å². The first-order valence-corrected chi connectivity index (χ1v) is 6.09. The van der Waals surface area contributed by atoms with E-state index in [0.717, 1.165) is 31.7 Å². The van der Waals surface area contributed by atoms with Crippen LogP contribution in [0.4, 0.5) is 0 Å². The molecule has 1 aromatic heterocycles. The van der Waals surface area contributed by atoms with Gasteiger partial charge in [-0.1, -0.05) is 0 Å². The number of hydrogen-bond donors (Lipinski definition) is 1. The second kappa shape index (κ2) is 6.47. The summed E-state index contributed by atoms with van der Waals surface area (Å²) in [5.74, 6) is -0.394. The van der Waals surface area contributed by atoms with Crippen molar-refractivity contribution in [1.82, 2.24) is 4.98 Å². The molecule has 2 heterocycles. The third kappa shape index (κ3) is 3.78. The van der Waals surface area contributed by atoms with E-state index in [4.69, 9.17) is 14.6 Å². The summed E-state index contributed by atoms with van der Waals surface area (Å²) in [6.07, 6.45) is 3.45. The minimum atomic E-state index is -0.961. The fourth-order valence-electron chi connectivity index (χ4n) is 1.88. The molecule has 18 heavy (non-hydrogen) atoms. The predicted molar refractivity (Wildman–Crippen MR) is 64.4 cm³/mol. The number of hydrogen-bond acceptors (Lipinski definition) is 4. The third-order valence-electron chi connectivity index (χ3n) is 3.02. The number of pyridine rings is 1. The van der Waals surface area contributed by atoms with E-state index in [1.165, 1.54) is 6.20 Å². The lowest BCUT2D eigenvalue weighted by atomic mass is 10.0. The second-order valence-electron chi connectivity index (χ2n) is 4.41. The van der Waals surface area contributed by atoms with Gasteiger partial charge in [0.25, 0.3) is 0 Å². The zero-order valence-corrected chi connectivity index (χ0v) is 10.2. The lowest BCUT2D eigenvalue weighted by Gasteiger charge is -2.21. The first-order chi connectivity index (χ1) is 8.75. The van der Waals surface area contributed by atoms with Gasteiger partial charge in [-0.25, -0.2) is 4.79 Å². The van der Waals surface area contributed by atoms with Crippen LogP contribution in [0, 0.1) is 5.92 Å². The van der Waals surface area contributed by atoms with Crippen LogP contribution in [0.25, 0.3) is 0 Å². The van der Waals surface area contributed by atoms with Gasteiger partial charge >= 0.3 is 5.97 Å². The van der Waals surface area contributed by atoms with Gasteiger partial charge in [0, 0.05) is 19.4 Å². The topological polar surface area (TPSA) is 68.7 Å². The standard InChI is InChI=1S/C13H17NO4/c15-13(16)11-1-2-12(14-7-11)9-18-8-10-3-5-17-6-4-10/h1-2,7,10H,3-6,8-9H2,(H,15,16). The molecule has 0 bridgehead atoms. The van der Waals surface area contributed by atoms with E-state index >= 15 is 0 Å². The number of carbonyl (C=O) groups is 1. The highest BCUT2D eigenvalue weighted by molar-refractivity contribution is 5.87. The van der Waals surface area contributed by atoms with E-state index in [0.29, 0.717) is 19.1 Å². The Morgan fingerprint density at radius 1 is 1.44 bits per heavy atom. The van der Waals surface area contributed by atoms with Crippen molar-refractivity contribution in [3.05, 3.63) is 29.6 Å². The van der Waals surface area contributed by atoms with Gasteiger partial charge in [-0.3, -0.25) is 4.98 Å². The van der Waals surface area contributed by atoms with E-state index in [2.05, 4.69) is 4.98 Å². The average molecular weight is 251 g/mol.